The maximum Gasteiger partial charge on any atom is 0.267 e. The van der Waals surface area contributed by atoms with Crippen LogP contribution >= 0.6 is 24.0 Å². The minimum Gasteiger partial charge on any atom is -0.454 e. The van der Waals surface area contributed by atoms with Crippen LogP contribution in [0.4, 0.5) is 5.82 Å². The van der Waals surface area contributed by atoms with Crippen LogP contribution in [0.25, 0.3) is 11.7 Å². The molecule has 10 heteroatoms. The van der Waals surface area contributed by atoms with Crippen LogP contribution in [0.3, 0.4) is 0 Å². The van der Waals surface area contributed by atoms with Crippen LogP contribution < -0.4 is 20.3 Å². The first-order chi connectivity index (χ1) is 16.5. The summed E-state index contributed by atoms with van der Waals surface area (Å²) in [5.74, 6) is 1.55. The molecule has 0 aliphatic carbocycles. The van der Waals surface area contributed by atoms with Crippen LogP contribution in [0.1, 0.15) is 30.9 Å². The van der Waals surface area contributed by atoms with Crippen molar-refractivity contribution in [3.63, 3.8) is 0 Å². The summed E-state index contributed by atoms with van der Waals surface area (Å²) in [6.07, 6.45) is 5.21. The van der Waals surface area contributed by atoms with E-state index in [1.165, 1.54) is 21.1 Å². The van der Waals surface area contributed by atoms with Crippen molar-refractivity contribution in [1.29, 1.82) is 0 Å². The van der Waals surface area contributed by atoms with Gasteiger partial charge in [0.2, 0.25) is 6.79 Å². The summed E-state index contributed by atoms with van der Waals surface area (Å²) in [7, 11) is 0. The predicted molar refractivity (Wildman–Crippen MR) is 136 cm³/mol. The van der Waals surface area contributed by atoms with Crippen molar-refractivity contribution < 1.29 is 14.3 Å². The van der Waals surface area contributed by atoms with Crippen LogP contribution in [0.5, 0.6) is 11.5 Å². The van der Waals surface area contributed by atoms with Crippen molar-refractivity contribution in [2.45, 2.75) is 26.3 Å². The first-order valence-electron chi connectivity index (χ1n) is 10.9. The second-order valence-electron chi connectivity index (χ2n) is 7.84. The molecule has 2 aliphatic heterocycles. The second-order valence-corrected chi connectivity index (χ2v) is 9.52. The number of carbonyl (C=O) groups excluding carboxylic acids is 1. The Hall–Kier alpha value is -3.37. The molecule has 2 aliphatic rings. The Bertz CT molecular complexity index is 1390. The predicted octanol–water partition coefficient (Wildman–Crippen LogP) is 4.04. The van der Waals surface area contributed by atoms with Crippen molar-refractivity contribution in [3.8, 4) is 11.5 Å². The van der Waals surface area contributed by atoms with E-state index in [0.29, 0.717) is 50.8 Å². The summed E-state index contributed by atoms with van der Waals surface area (Å²) in [6.45, 7) is 3.26. The van der Waals surface area contributed by atoms with Gasteiger partial charge in [0, 0.05) is 12.7 Å². The molecule has 174 valence electrons. The van der Waals surface area contributed by atoms with Gasteiger partial charge in [-0.1, -0.05) is 49.5 Å². The second kappa shape index (κ2) is 9.47. The van der Waals surface area contributed by atoms with Gasteiger partial charge < -0.3 is 14.8 Å². The molecule has 1 amide bonds. The largest absolute Gasteiger partial charge is 0.454 e. The molecule has 0 bridgehead atoms. The van der Waals surface area contributed by atoms with E-state index >= 15 is 0 Å². The lowest BCUT2D eigenvalue weighted by molar-refractivity contribution is -0.122. The molecule has 2 aromatic heterocycles. The van der Waals surface area contributed by atoms with Crippen LogP contribution in [-0.4, -0.2) is 37.8 Å². The van der Waals surface area contributed by atoms with Gasteiger partial charge in [-0.2, -0.15) is 0 Å². The van der Waals surface area contributed by atoms with Crippen LogP contribution in [0, 0.1) is 0 Å². The Labute approximate surface area is 205 Å². The van der Waals surface area contributed by atoms with Gasteiger partial charge in [-0.3, -0.25) is 18.9 Å². The highest BCUT2D eigenvalue weighted by molar-refractivity contribution is 8.26. The topological polar surface area (TPSA) is 85.2 Å². The quantitative estimate of drug-likeness (QED) is 0.299. The van der Waals surface area contributed by atoms with E-state index in [-0.39, 0.29) is 18.3 Å². The number of fused-ring (bicyclic) bond motifs is 2. The first-order valence-corrected chi connectivity index (χ1v) is 12.2. The molecule has 3 aromatic rings. The van der Waals surface area contributed by atoms with Gasteiger partial charge in [-0.15, -0.1) is 0 Å². The Balaban J connectivity index is 1.47. The maximum absolute atomic E-state index is 13.3. The fraction of sp³-hybridized carbons (Fsp3) is 0.250. The van der Waals surface area contributed by atoms with Crippen LogP contribution in [0.2, 0.25) is 0 Å². The molecule has 0 radical (unpaired) electrons. The number of amides is 1. The number of nitrogens with zero attached hydrogens (tertiary/aromatic N) is 3. The summed E-state index contributed by atoms with van der Waals surface area (Å²) in [5.41, 5.74) is 1.50. The fourth-order valence-corrected chi connectivity index (χ4v) is 4.98. The highest BCUT2D eigenvalue weighted by atomic mass is 32.2. The lowest BCUT2D eigenvalue weighted by atomic mass is 10.2. The monoisotopic (exact) mass is 494 g/mol. The molecule has 4 heterocycles. The number of thiocarbonyl (C=S) groups is 1. The first kappa shape index (κ1) is 22.4. The minimum atomic E-state index is -0.246. The normalized spacial score (nSPS) is 16.1. The number of thioether (sulfide) groups is 1. The number of ether oxygens (including phenoxy) is 2. The summed E-state index contributed by atoms with van der Waals surface area (Å²) >= 11 is 6.68. The Morgan fingerprint density at radius 1 is 1.21 bits per heavy atom. The third-order valence-electron chi connectivity index (χ3n) is 5.52. The molecular formula is C24H22N4O4S2. The summed E-state index contributed by atoms with van der Waals surface area (Å²) in [5, 5.41) is 3.26. The molecule has 0 saturated carbocycles. The molecule has 0 atom stereocenters. The highest BCUT2D eigenvalue weighted by Crippen LogP contribution is 2.36. The lowest BCUT2D eigenvalue weighted by Gasteiger charge is -2.14. The zero-order chi connectivity index (χ0) is 23.7. The third-order valence-corrected chi connectivity index (χ3v) is 6.90. The van der Waals surface area contributed by atoms with E-state index in [0.717, 1.165) is 18.4 Å². The van der Waals surface area contributed by atoms with Gasteiger partial charge in [-0.25, -0.2) is 4.98 Å². The maximum atomic E-state index is 13.3. The Morgan fingerprint density at radius 3 is 2.91 bits per heavy atom. The molecule has 5 rings (SSSR count). The zero-order valence-electron chi connectivity index (χ0n) is 18.4. The van der Waals surface area contributed by atoms with Gasteiger partial charge in [0.1, 0.15) is 15.8 Å². The van der Waals surface area contributed by atoms with Crippen molar-refractivity contribution >= 4 is 51.7 Å². The molecular weight excluding hydrogens is 472 g/mol. The van der Waals surface area contributed by atoms with Crippen molar-refractivity contribution in [2.24, 2.45) is 0 Å². The molecule has 1 saturated heterocycles. The fourth-order valence-electron chi connectivity index (χ4n) is 3.74. The SMILES string of the molecule is CCCCNc1nc2ccccn2c(=O)c1/C=C1\SC(=S)N(Cc2ccc3c(c2)OCO3)C1=O. The van der Waals surface area contributed by atoms with E-state index in [1.54, 1.807) is 24.4 Å². The van der Waals surface area contributed by atoms with Gasteiger partial charge in [0.25, 0.3) is 11.5 Å². The molecule has 1 fully saturated rings. The van der Waals surface area contributed by atoms with E-state index in [9.17, 15) is 9.59 Å². The van der Waals surface area contributed by atoms with Gasteiger partial charge in [0.05, 0.1) is 17.0 Å². The average molecular weight is 495 g/mol. The van der Waals surface area contributed by atoms with E-state index in [2.05, 4.69) is 17.2 Å². The number of rotatable bonds is 7. The van der Waals surface area contributed by atoms with Gasteiger partial charge in [0.15, 0.2) is 11.5 Å². The van der Waals surface area contributed by atoms with Crippen molar-refractivity contribution in [1.82, 2.24) is 14.3 Å². The summed E-state index contributed by atoms with van der Waals surface area (Å²) in [6, 6.07) is 10.9. The number of aromatic nitrogens is 2. The van der Waals surface area contributed by atoms with E-state index < -0.39 is 0 Å². The third kappa shape index (κ3) is 4.26. The average Bonchev–Trinajstić information content (AvgIpc) is 3.41. The highest BCUT2D eigenvalue weighted by Gasteiger charge is 2.33. The Morgan fingerprint density at radius 2 is 2.06 bits per heavy atom. The molecule has 1 N–H and O–H groups in total. The number of hydrogen-bond donors (Lipinski definition) is 1. The molecule has 34 heavy (non-hydrogen) atoms. The van der Waals surface area contributed by atoms with Gasteiger partial charge in [-0.05, 0) is 42.3 Å². The summed E-state index contributed by atoms with van der Waals surface area (Å²) < 4.78 is 12.7. The van der Waals surface area contributed by atoms with Crippen molar-refractivity contribution in [2.75, 3.05) is 18.7 Å². The van der Waals surface area contributed by atoms with E-state index in [1.807, 2.05) is 24.3 Å². The standard InChI is InChI=1S/C24H22N4O4S2/c1-2-3-9-25-21-16(22(29)27-10-5-4-6-20(27)26-21)12-19-23(30)28(24(33)34-19)13-15-7-8-17-18(11-15)32-14-31-17/h4-8,10-12,25H,2-3,9,13-14H2,1H3/b19-12-. The van der Waals surface area contributed by atoms with Gasteiger partial charge >= 0.3 is 0 Å². The van der Waals surface area contributed by atoms with E-state index in [4.69, 9.17) is 21.7 Å². The number of carbonyl (C=O) groups is 1. The van der Waals surface area contributed by atoms with Crippen LogP contribution in [-0.2, 0) is 11.3 Å². The van der Waals surface area contributed by atoms with Crippen molar-refractivity contribution in [3.05, 3.63) is 69.0 Å². The molecule has 0 unspecified atom stereocenters. The number of benzene rings is 1. The minimum absolute atomic E-state index is 0.187. The zero-order valence-corrected chi connectivity index (χ0v) is 20.1. The molecule has 0 spiro atoms. The number of unbranched alkanes of at least 4 members (excludes halogenated alkanes) is 1. The number of nitrogens with one attached hydrogen (secondary N) is 1. The Kier molecular flexibility index (Phi) is 6.25. The van der Waals surface area contributed by atoms with Crippen LogP contribution in [0.15, 0.2) is 52.3 Å². The summed E-state index contributed by atoms with van der Waals surface area (Å²) in [4.78, 5) is 33.1. The smallest absolute Gasteiger partial charge is 0.267 e. The number of hydrogen-bond acceptors (Lipinski definition) is 8. The molecule has 1 aromatic carbocycles. The lowest BCUT2D eigenvalue weighted by Crippen LogP contribution is -2.27. The number of anilines is 1. The number of pyridine rings is 1. The molecule has 8 nitrogen and oxygen atoms in total.